The van der Waals surface area contributed by atoms with Crippen LogP contribution in [0.5, 0.6) is 0 Å². The van der Waals surface area contributed by atoms with E-state index in [1.54, 1.807) is 20.8 Å². The van der Waals surface area contributed by atoms with Gasteiger partial charge in [-0.05, 0) is 82.1 Å². The SMILES string of the molecule is Cc1cc(C(F)(F)F)cc(N2C(=O)N(C(=O)OC(C)(C)C)C[C@H]2C(=O)N(CC#Cc2ccc(N)nn2)c2ccc(F)cc2)n1. The van der Waals surface area contributed by atoms with Gasteiger partial charge < -0.3 is 10.5 Å². The number of anilines is 3. The number of benzene rings is 1. The molecule has 15 heteroatoms. The van der Waals surface area contributed by atoms with Gasteiger partial charge in [0.25, 0.3) is 5.91 Å². The summed E-state index contributed by atoms with van der Waals surface area (Å²) in [5.41, 5.74) is 3.69. The van der Waals surface area contributed by atoms with Crippen LogP contribution in [0, 0.1) is 24.6 Å². The Kier molecular flexibility index (Phi) is 8.75. The van der Waals surface area contributed by atoms with Crippen molar-refractivity contribution in [1.29, 1.82) is 0 Å². The van der Waals surface area contributed by atoms with Crippen molar-refractivity contribution in [2.75, 3.05) is 28.6 Å². The minimum absolute atomic E-state index is 0.0876. The first-order valence-corrected chi connectivity index (χ1v) is 13.1. The first-order chi connectivity index (χ1) is 20.5. The Hall–Kier alpha value is -5.26. The molecule has 3 aromatic rings. The topological polar surface area (TPSA) is 135 Å². The van der Waals surface area contributed by atoms with E-state index in [4.69, 9.17) is 10.5 Å². The average molecular weight is 614 g/mol. The van der Waals surface area contributed by atoms with E-state index in [9.17, 15) is 31.9 Å². The summed E-state index contributed by atoms with van der Waals surface area (Å²) in [4.78, 5) is 47.3. The fourth-order valence-electron chi connectivity index (χ4n) is 4.17. The van der Waals surface area contributed by atoms with Gasteiger partial charge in [0, 0.05) is 11.4 Å². The molecule has 1 aliphatic heterocycles. The Morgan fingerprint density at radius 1 is 1.09 bits per heavy atom. The second-order valence-corrected chi connectivity index (χ2v) is 10.7. The number of aromatic nitrogens is 3. The molecule has 0 aliphatic carbocycles. The van der Waals surface area contributed by atoms with Crippen LogP contribution in [0.15, 0.2) is 48.5 Å². The third-order valence-electron chi connectivity index (χ3n) is 6.06. The smallest absolute Gasteiger partial charge is 0.418 e. The molecule has 0 bridgehead atoms. The van der Waals surface area contributed by atoms with Gasteiger partial charge in [0.05, 0.1) is 18.7 Å². The van der Waals surface area contributed by atoms with Crippen molar-refractivity contribution < 1.29 is 36.7 Å². The summed E-state index contributed by atoms with van der Waals surface area (Å²) in [6, 6.07) is 6.45. The predicted molar refractivity (Wildman–Crippen MR) is 151 cm³/mol. The molecule has 1 atom stereocenters. The number of amides is 4. The number of nitrogen functional groups attached to an aromatic ring is 1. The average Bonchev–Trinajstić information content (AvgIpc) is 3.28. The van der Waals surface area contributed by atoms with Crippen molar-refractivity contribution in [2.45, 2.75) is 45.5 Å². The molecule has 1 aliphatic rings. The summed E-state index contributed by atoms with van der Waals surface area (Å²) in [6.45, 7) is 5.06. The monoisotopic (exact) mass is 613 g/mol. The van der Waals surface area contributed by atoms with Crippen molar-refractivity contribution in [3.63, 3.8) is 0 Å². The highest BCUT2D eigenvalue weighted by molar-refractivity contribution is 6.11. The van der Waals surface area contributed by atoms with Gasteiger partial charge in [0.2, 0.25) is 0 Å². The molecule has 44 heavy (non-hydrogen) atoms. The number of nitrogens with zero attached hydrogens (tertiary/aromatic N) is 6. The van der Waals surface area contributed by atoms with E-state index >= 15 is 0 Å². The Morgan fingerprint density at radius 3 is 2.36 bits per heavy atom. The quantitative estimate of drug-likeness (QED) is 0.335. The van der Waals surface area contributed by atoms with Crippen molar-refractivity contribution in [1.82, 2.24) is 20.1 Å². The van der Waals surface area contributed by atoms with Crippen LogP contribution in [0.1, 0.15) is 37.7 Å². The molecule has 0 radical (unpaired) electrons. The van der Waals surface area contributed by atoms with Gasteiger partial charge in [-0.1, -0.05) is 5.92 Å². The summed E-state index contributed by atoms with van der Waals surface area (Å²) >= 11 is 0. The molecule has 1 saturated heterocycles. The Morgan fingerprint density at radius 2 is 1.77 bits per heavy atom. The van der Waals surface area contributed by atoms with Gasteiger partial charge >= 0.3 is 18.3 Å². The molecule has 4 amide bonds. The molecule has 230 valence electrons. The minimum atomic E-state index is -4.80. The van der Waals surface area contributed by atoms with E-state index in [0.717, 1.165) is 23.1 Å². The highest BCUT2D eigenvalue weighted by Gasteiger charge is 2.49. The van der Waals surface area contributed by atoms with E-state index < -0.39 is 59.6 Å². The number of carbonyl (C=O) groups is 3. The summed E-state index contributed by atoms with van der Waals surface area (Å²) in [5.74, 6) is 3.69. The lowest BCUT2D eigenvalue weighted by molar-refractivity contribution is -0.137. The zero-order chi connectivity index (χ0) is 32.4. The molecule has 2 N–H and O–H groups in total. The van der Waals surface area contributed by atoms with Gasteiger partial charge in [-0.2, -0.15) is 13.2 Å². The standard InChI is InChI=1S/C29H27F4N7O4/c1-17-14-18(29(31,32)33)15-24(35-17)40-22(16-39(26(40)42)27(43)44-28(2,3)4)25(41)38(21-10-7-19(30)8-11-21)13-5-6-20-9-12-23(34)37-36-20/h7-12,14-15,22H,13,16H2,1-4H3,(H2,34,37)/t22-/m0/s1. The van der Waals surface area contributed by atoms with Crippen LogP contribution in [0.2, 0.25) is 0 Å². The Balaban J connectivity index is 1.79. The number of rotatable bonds is 4. The lowest BCUT2D eigenvalue weighted by atomic mass is 10.1. The second kappa shape index (κ2) is 12.2. The number of hydrogen-bond acceptors (Lipinski definition) is 8. The highest BCUT2D eigenvalue weighted by Crippen LogP contribution is 2.34. The normalized spacial score (nSPS) is 15.1. The number of imide groups is 1. The molecular weight excluding hydrogens is 586 g/mol. The number of ether oxygens (including phenoxy) is 1. The van der Waals surface area contributed by atoms with Gasteiger partial charge in [-0.15, -0.1) is 10.2 Å². The van der Waals surface area contributed by atoms with Crippen molar-refractivity contribution >= 4 is 35.4 Å². The molecule has 1 aromatic carbocycles. The van der Waals surface area contributed by atoms with Gasteiger partial charge in [-0.3, -0.25) is 14.6 Å². The maximum atomic E-state index is 14.2. The van der Waals surface area contributed by atoms with Crippen molar-refractivity contribution in [3.8, 4) is 11.8 Å². The first-order valence-electron chi connectivity index (χ1n) is 13.1. The number of alkyl halides is 3. The Bertz CT molecular complexity index is 1630. The fourth-order valence-corrected chi connectivity index (χ4v) is 4.17. The van der Waals surface area contributed by atoms with Crippen LogP contribution < -0.4 is 15.5 Å². The number of pyridine rings is 1. The number of hydrogen-bond donors (Lipinski definition) is 1. The molecule has 0 saturated carbocycles. The molecule has 0 unspecified atom stereocenters. The lowest BCUT2D eigenvalue weighted by Crippen LogP contribution is -2.48. The Labute approximate surface area is 249 Å². The zero-order valence-electron chi connectivity index (χ0n) is 24.0. The van der Waals surface area contributed by atoms with Gasteiger partial charge in [0.1, 0.15) is 34.8 Å². The second-order valence-electron chi connectivity index (χ2n) is 10.7. The van der Waals surface area contributed by atoms with E-state index in [1.807, 2.05) is 0 Å². The molecule has 2 aromatic heterocycles. The molecular formula is C29H27F4N7O4. The van der Waals surface area contributed by atoms with Crippen LogP contribution in [0.4, 0.5) is 44.5 Å². The van der Waals surface area contributed by atoms with Crippen molar-refractivity contribution in [2.24, 2.45) is 0 Å². The van der Waals surface area contributed by atoms with Gasteiger partial charge in [-0.25, -0.2) is 23.9 Å². The molecule has 3 heterocycles. The fraction of sp³-hybridized carbons (Fsp3) is 0.310. The summed E-state index contributed by atoms with van der Waals surface area (Å²) in [5, 5.41) is 7.52. The van der Waals surface area contributed by atoms with E-state index in [0.29, 0.717) is 15.9 Å². The van der Waals surface area contributed by atoms with Gasteiger partial charge in [0.15, 0.2) is 0 Å². The number of halogens is 4. The summed E-state index contributed by atoms with van der Waals surface area (Å²) < 4.78 is 60.2. The lowest BCUT2D eigenvalue weighted by Gasteiger charge is -2.28. The zero-order valence-corrected chi connectivity index (χ0v) is 24.0. The number of carbonyl (C=O) groups excluding carboxylic acids is 3. The van der Waals surface area contributed by atoms with Crippen LogP contribution in [0.25, 0.3) is 0 Å². The molecule has 1 fully saturated rings. The minimum Gasteiger partial charge on any atom is -0.443 e. The van der Waals surface area contributed by atoms with Crippen LogP contribution >= 0.6 is 0 Å². The first kappa shape index (κ1) is 31.7. The highest BCUT2D eigenvalue weighted by atomic mass is 19.4. The van der Waals surface area contributed by atoms with Crippen LogP contribution in [-0.2, 0) is 15.7 Å². The predicted octanol–water partition coefficient (Wildman–Crippen LogP) is 4.55. The van der Waals surface area contributed by atoms with E-state index in [-0.39, 0.29) is 29.4 Å². The summed E-state index contributed by atoms with van der Waals surface area (Å²) in [7, 11) is 0. The number of nitrogens with two attached hydrogens (primary N) is 1. The maximum absolute atomic E-state index is 14.2. The molecule has 4 rings (SSSR count). The van der Waals surface area contributed by atoms with Crippen molar-refractivity contribution in [3.05, 3.63) is 71.3 Å². The third kappa shape index (κ3) is 7.38. The summed E-state index contributed by atoms with van der Waals surface area (Å²) in [6.07, 6.45) is -5.91. The third-order valence-corrected chi connectivity index (χ3v) is 6.06. The number of aryl methyl sites for hydroxylation is 1. The maximum Gasteiger partial charge on any atom is 0.418 e. The molecule has 11 nitrogen and oxygen atoms in total. The largest absolute Gasteiger partial charge is 0.443 e. The van der Waals surface area contributed by atoms with Crippen LogP contribution in [0.3, 0.4) is 0 Å². The molecule has 0 spiro atoms. The number of urea groups is 1. The van der Waals surface area contributed by atoms with Crippen LogP contribution in [-0.4, -0.2) is 62.8 Å². The van der Waals surface area contributed by atoms with E-state index in [2.05, 4.69) is 27.0 Å². The van der Waals surface area contributed by atoms with E-state index in [1.165, 1.54) is 31.2 Å².